The van der Waals surface area contributed by atoms with E-state index in [0.717, 1.165) is 18.5 Å². The van der Waals surface area contributed by atoms with Gasteiger partial charge in [0.05, 0.1) is 6.04 Å². The topological polar surface area (TPSA) is 24.1 Å². The summed E-state index contributed by atoms with van der Waals surface area (Å²) >= 11 is 5.30. The van der Waals surface area contributed by atoms with Crippen molar-refractivity contribution in [2.45, 2.75) is 32.7 Å². The minimum Gasteiger partial charge on any atom is -0.356 e. The second-order valence-electron chi connectivity index (χ2n) is 5.32. The predicted octanol–water partition coefficient (Wildman–Crippen LogP) is 4.83. The number of hydrogen-bond donors (Lipinski definition) is 2. The van der Waals surface area contributed by atoms with Gasteiger partial charge in [0.25, 0.3) is 0 Å². The molecule has 0 aromatic heterocycles. The molecule has 0 aliphatic carbocycles. The van der Waals surface area contributed by atoms with Gasteiger partial charge < -0.3 is 10.6 Å². The lowest BCUT2D eigenvalue weighted by molar-refractivity contribution is 0.628. The van der Waals surface area contributed by atoms with Crippen molar-refractivity contribution in [2.75, 3.05) is 5.32 Å². The minimum absolute atomic E-state index is 0.108. The van der Waals surface area contributed by atoms with Crippen LogP contribution in [0, 0.1) is 5.82 Å². The Hall–Kier alpha value is -1.94. The van der Waals surface area contributed by atoms with E-state index in [9.17, 15) is 4.39 Å². The largest absolute Gasteiger partial charge is 0.356 e. The van der Waals surface area contributed by atoms with Gasteiger partial charge in [-0.3, -0.25) is 0 Å². The molecule has 0 saturated carbocycles. The zero-order valence-corrected chi connectivity index (χ0v) is 13.7. The van der Waals surface area contributed by atoms with Crippen molar-refractivity contribution in [2.24, 2.45) is 0 Å². The molecule has 1 unspecified atom stereocenters. The van der Waals surface area contributed by atoms with Gasteiger partial charge in [0.2, 0.25) is 0 Å². The molecule has 0 saturated heterocycles. The van der Waals surface area contributed by atoms with Gasteiger partial charge in [0, 0.05) is 5.69 Å². The van der Waals surface area contributed by atoms with Crippen LogP contribution in [0.3, 0.4) is 0 Å². The zero-order chi connectivity index (χ0) is 15.9. The molecule has 2 aromatic rings. The molecule has 0 aliphatic rings. The maximum atomic E-state index is 12.9. The molecule has 0 heterocycles. The maximum Gasteiger partial charge on any atom is 0.171 e. The number of benzene rings is 2. The molecule has 2 N–H and O–H groups in total. The van der Waals surface area contributed by atoms with Gasteiger partial charge in [-0.1, -0.05) is 37.6 Å². The summed E-state index contributed by atoms with van der Waals surface area (Å²) in [6, 6.07) is 14.8. The number of halogens is 1. The third-order valence-electron chi connectivity index (χ3n) is 3.47. The fourth-order valence-electron chi connectivity index (χ4n) is 2.24. The zero-order valence-electron chi connectivity index (χ0n) is 12.9. The summed E-state index contributed by atoms with van der Waals surface area (Å²) in [7, 11) is 0. The molecule has 1 atom stereocenters. The number of rotatable bonds is 5. The Morgan fingerprint density at radius 2 is 1.73 bits per heavy atom. The molecule has 0 radical (unpaired) electrons. The highest BCUT2D eigenvalue weighted by Gasteiger charge is 2.07. The Labute approximate surface area is 136 Å². The second-order valence-corrected chi connectivity index (χ2v) is 5.73. The van der Waals surface area contributed by atoms with Crippen LogP contribution in [0.1, 0.15) is 37.4 Å². The molecule has 0 amide bonds. The highest BCUT2D eigenvalue weighted by atomic mass is 32.1. The average molecular weight is 316 g/mol. The smallest absolute Gasteiger partial charge is 0.171 e. The van der Waals surface area contributed by atoms with Crippen molar-refractivity contribution < 1.29 is 4.39 Å². The van der Waals surface area contributed by atoms with Gasteiger partial charge in [0.1, 0.15) is 5.82 Å². The molecular weight excluding hydrogens is 295 g/mol. The van der Waals surface area contributed by atoms with Crippen molar-refractivity contribution in [3.63, 3.8) is 0 Å². The lowest BCUT2D eigenvalue weighted by Gasteiger charge is -2.17. The van der Waals surface area contributed by atoms with Gasteiger partial charge in [0.15, 0.2) is 5.11 Å². The first-order chi connectivity index (χ1) is 10.6. The highest BCUT2D eigenvalue weighted by molar-refractivity contribution is 7.80. The molecule has 0 bridgehead atoms. The molecule has 0 spiro atoms. The van der Waals surface area contributed by atoms with Crippen molar-refractivity contribution in [3.05, 3.63) is 65.5 Å². The van der Waals surface area contributed by atoms with Crippen molar-refractivity contribution in [1.29, 1.82) is 0 Å². The highest BCUT2D eigenvalue weighted by Crippen LogP contribution is 2.15. The number of anilines is 1. The van der Waals surface area contributed by atoms with Crippen LogP contribution in [0.25, 0.3) is 0 Å². The molecule has 2 nitrogen and oxygen atoms in total. The first-order valence-corrected chi connectivity index (χ1v) is 7.91. The Balaban J connectivity index is 1.91. The van der Waals surface area contributed by atoms with Gasteiger partial charge >= 0.3 is 0 Å². The van der Waals surface area contributed by atoms with E-state index in [1.54, 1.807) is 12.1 Å². The standard InChI is InChI=1S/C18H21FN2S/c1-3-4-14-5-7-15(8-6-14)13(2)20-18(22)21-17-11-9-16(19)10-12-17/h5-13H,3-4H2,1-2H3,(H2,20,21,22). The second kappa shape index (κ2) is 7.90. The molecular formula is C18H21FN2S. The van der Waals surface area contributed by atoms with Gasteiger partial charge in [-0.25, -0.2) is 4.39 Å². The summed E-state index contributed by atoms with van der Waals surface area (Å²) in [5.41, 5.74) is 3.30. The monoisotopic (exact) mass is 316 g/mol. The Morgan fingerprint density at radius 3 is 2.32 bits per heavy atom. The molecule has 2 aromatic carbocycles. The summed E-state index contributed by atoms with van der Waals surface area (Å²) in [4.78, 5) is 0. The van der Waals surface area contributed by atoms with Crippen LogP contribution < -0.4 is 10.6 Å². The molecule has 116 valence electrons. The van der Waals surface area contributed by atoms with Gasteiger partial charge in [-0.05, 0) is 61.0 Å². The van der Waals surface area contributed by atoms with Crippen LogP contribution in [-0.2, 0) is 6.42 Å². The first kappa shape index (κ1) is 16.4. The van der Waals surface area contributed by atoms with E-state index in [-0.39, 0.29) is 11.9 Å². The summed E-state index contributed by atoms with van der Waals surface area (Å²) in [6.07, 6.45) is 2.26. The third-order valence-corrected chi connectivity index (χ3v) is 3.69. The van der Waals surface area contributed by atoms with Gasteiger partial charge in [-0.2, -0.15) is 0 Å². The van der Waals surface area contributed by atoms with Crippen LogP contribution >= 0.6 is 12.2 Å². The average Bonchev–Trinajstić information content (AvgIpc) is 2.50. The number of thiocarbonyl (C=S) groups is 1. The van der Waals surface area contributed by atoms with Crippen LogP contribution in [0.15, 0.2) is 48.5 Å². The predicted molar refractivity (Wildman–Crippen MR) is 94.6 cm³/mol. The fourth-order valence-corrected chi connectivity index (χ4v) is 2.54. The number of nitrogens with one attached hydrogen (secondary N) is 2. The fraction of sp³-hybridized carbons (Fsp3) is 0.278. The van der Waals surface area contributed by atoms with Crippen LogP contribution in [0.5, 0.6) is 0 Å². The maximum absolute atomic E-state index is 12.9. The normalized spacial score (nSPS) is 11.8. The molecule has 2 rings (SSSR count). The van der Waals surface area contributed by atoms with Crippen LogP contribution in [-0.4, -0.2) is 5.11 Å². The van der Waals surface area contributed by atoms with E-state index in [1.807, 2.05) is 0 Å². The Bertz CT molecular complexity index is 608. The summed E-state index contributed by atoms with van der Waals surface area (Å²) < 4.78 is 12.9. The van der Waals surface area contributed by atoms with E-state index in [1.165, 1.54) is 23.3 Å². The number of aryl methyl sites for hydroxylation is 1. The van der Waals surface area contributed by atoms with Crippen molar-refractivity contribution in [3.8, 4) is 0 Å². The molecule has 0 aliphatic heterocycles. The van der Waals surface area contributed by atoms with Crippen LogP contribution in [0.4, 0.5) is 10.1 Å². The van der Waals surface area contributed by atoms with E-state index < -0.39 is 0 Å². The minimum atomic E-state index is -0.259. The number of hydrogen-bond acceptors (Lipinski definition) is 1. The summed E-state index contributed by atoms with van der Waals surface area (Å²) in [6.45, 7) is 4.24. The van der Waals surface area contributed by atoms with Crippen molar-refractivity contribution >= 4 is 23.0 Å². The van der Waals surface area contributed by atoms with E-state index in [2.05, 4.69) is 48.7 Å². The van der Waals surface area contributed by atoms with E-state index in [0.29, 0.717) is 5.11 Å². The van der Waals surface area contributed by atoms with Crippen molar-refractivity contribution in [1.82, 2.24) is 5.32 Å². The molecule has 22 heavy (non-hydrogen) atoms. The quantitative estimate of drug-likeness (QED) is 0.773. The lowest BCUT2D eigenvalue weighted by Crippen LogP contribution is -2.30. The summed E-state index contributed by atoms with van der Waals surface area (Å²) in [5.74, 6) is -0.259. The third kappa shape index (κ3) is 4.81. The first-order valence-electron chi connectivity index (χ1n) is 7.50. The van der Waals surface area contributed by atoms with Gasteiger partial charge in [-0.15, -0.1) is 0 Å². The van der Waals surface area contributed by atoms with E-state index in [4.69, 9.17) is 12.2 Å². The van der Waals surface area contributed by atoms with Crippen LogP contribution in [0.2, 0.25) is 0 Å². The lowest BCUT2D eigenvalue weighted by atomic mass is 10.0. The Kier molecular flexibility index (Phi) is 5.90. The summed E-state index contributed by atoms with van der Waals surface area (Å²) in [5, 5.41) is 6.82. The molecule has 4 heteroatoms. The SMILES string of the molecule is CCCc1ccc(C(C)NC(=S)Nc2ccc(F)cc2)cc1. The molecule has 0 fully saturated rings. The Morgan fingerprint density at radius 1 is 1.09 bits per heavy atom. The van der Waals surface area contributed by atoms with E-state index >= 15 is 0 Å².